The fraction of sp³-hybridized carbons (Fsp3) is 0.409. The summed E-state index contributed by atoms with van der Waals surface area (Å²) < 4.78 is 37.8. The fourth-order valence-electron chi connectivity index (χ4n) is 3.80. The van der Waals surface area contributed by atoms with Crippen LogP contribution in [0.5, 0.6) is 11.5 Å². The molecule has 0 aromatic heterocycles. The first-order valence-electron chi connectivity index (χ1n) is 10.2. The quantitative estimate of drug-likeness (QED) is 0.759. The zero-order chi connectivity index (χ0) is 21.1. The summed E-state index contributed by atoms with van der Waals surface area (Å²) in [6, 6.07) is 12.0. The molecule has 0 aliphatic carbocycles. The van der Waals surface area contributed by atoms with E-state index < -0.39 is 10.0 Å². The van der Waals surface area contributed by atoms with E-state index in [0.29, 0.717) is 43.3 Å². The van der Waals surface area contributed by atoms with Crippen molar-refractivity contribution >= 4 is 21.6 Å². The SMILES string of the molecule is CC1CCCN(S(=O)(=O)c2ccc(NC(=O)CCc3ccc4c(c3)OCO4)cc2)C1. The molecule has 8 heteroatoms. The van der Waals surface area contributed by atoms with Crippen LogP contribution in [0.15, 0.2) is 47.4 Å². The number of piperidine rings is 1. The number of carbonyl (C=O) groups is 1. The van der Waals surface area contributed by atoms with E-state index in [1.807, 2.05) is 18.2 Å². The molecule has 1 amide bonds. The predicted molar refractivity (Wildman–Crippen MR) is 113 cm³/mol. The molecule has 1 atom stereocenters. The maximum Gasteiger partial charge on any atom is 0.243 e. The van der Waals surface area contributed by atoms with Crippen molar-refractivity contribution in [1.82, 2.24) is 4.31 Å². The van der Waals surface area contributed by atoms with Crippen molar-refractivity contribution in [3.05, 3.63) is 48.0 Å². The van der Waals surface area contributed by atoms with Gasteiger partial charge in [0.2, 0.25) is 22.7 Å². The van der Waals surface area contributed by atoms with Gasteiger partial charge in [-0.15, -0.1) is 0 Å². The van der Waals surface area contributed by atoms with Gasteiger partial charge >= 0.3 is 0 Å². The van der Waals surface area contributed by atoms with Crippen LogP contribution < -0.4 is 14.8 Å². The molecule has 30 heavy (non-hydrogen) atoms. The second-order valence-corrected chi connectivity index (χ2v) is 9.81. The van der Waals surface area contributed by atoms with Crippen molar-refractivity contribution in [2.24, 2.45) is 5.92 Å². The molecule has 4 rings (SSSR count). The number of rotatable bonds is 6. The normalized spacial score (nSPS) is 18.9. The minimum absolute atomic E-state index is 0.131. The number of sulfonamides is 1. The molecule has 1 saturated heterocycles. The summed E-state index contributed by atoms with van der Waals surface area (Å²) in [6.45, 7) is 3.41. The third kappa shape index (κ3) is 4.60. The molecule has 2 aliphatic rings. The number of benzene rings is 2. The average Bonchev–Trinajstić information content (AvgIpc) is 3.20. The molecule has 7 nitrogen and oxygen atoms in total. The lowest BCUT2D eigenvalue weighted by atomic mass is 10.0. The van der Waals surface area contributed by atoms with Crippen molar-refractivity contribution in [3.8, 4) is 11.5 Å². The Kier molecular flexibility index (Phi) is 5.97. The second-order valence-electron chi connectivity index (χ2n) is 7.87. The van der Waals surface area contributed by atoms with E-state index in [-0.39, 0.29) is 17.6 Å². The van der Waals surface area contributed by atoms with E-state index in [1.165, 1.54) is 0 Å². The van der Waals surface area contributed by atoms with Gasteiger partial charge in [-0.25, -0.2) is 8.42 Å². The van der Waals surface area contributed by atoms with E-state index in [0.717, 1.165) is 24.2 Å². The summed E-state index contributed by atoms with van der Waals surface area (Å²) in [5, 5.41) is 2.83. The Morgan fingerprint density at radius 2 is 1.90 bits per heavy atom. The number of nitrogens with one attached hydrogen (secondary N) is 1. The molecule has 2 aromatic carbocycles. The number of aryl methyl sites for hydroxylation is 1. The number of hydrogen-bond donors (Lipinski definition) is 1. The monoisotopic (exact) mass is 430 g/mol. The first-order chi connectivity index (χ1) is 14.4. The van der Waals surface area contributed by atoms with Crippen LogP contribution in [0.3, 0.4) is 0 Å². The number of ether oxygens (including phenoxy) is 2. The highest BCUT2D eigenvalue weighted by Crippen LogP contribution is 2.32. The van der Waals surface area contributed by atoms with Crippen LogP contribution in [0, 0.1) is 5.92 Å². The Morgan fingerprint density at radius 3 is 2.67 bits per heavy atom. The predicted octanol–water partition coefficient (Wildman–Crippen LogP) is 3.41. The molecule has 1 unspecified atom stereocenters. The number of nitrogens with zero attached hydrogens (tertiary/aromatic N) is 1. The molecule has 2 aliphatic heterocycles. The van der Waals surface area contributed by atoms with Crippen molar-refractivity contribution in [3.63, 3.8) is 0 Å². The van der Waals surface area contributed by atoms with Crippen molar-refractivity contribution < 1.29 is 22.7 Å². The van der Waals surface area contributed by atoms with Gasteiger partial charge in [0.15, 0.2) is 11.5 Å². The minimum atomic E-state index is -3.49. The third-order valence-electron chi connectivity index (χ3n) is 5.47. The van der Waals surface area contributed by atoms with Crippen LogP contribution in [0.4, 0.5) is 5.69 Å². The maximum absolute atomic E-state index is 12.8. The van der Waals surface area contributed by atoms with Crippen LogP contribution in [0.25, 0.3) is 0 Å². The van der Waals surface area contributed by atoms with Crippen LogP contribution in [0.2, 0.25) is 0 Å². The zero-order valence-electron chi connectivity index (χ0n) is 17.0. The van der Waals surface area contributed by atoms with Crippen LogP contribution in [-0.2, 0) is 21.2 Å². The Morgan fingerprint density at radius 1 is 1.13 bits per heavy atom. The highest BCUT2D eigenvalue weighted by atomic mass is 32.2. The van der Waals surface area contributed by atoms with E-state index in [4.69, 9.17) is 9.47 Å². The summed E-state index contributed by atoms with van der Waals surface area (Å²) in [4.78, 5) is 12.6. The smallest absolute Gasteiger partial charge is 0.243 e. The summed E-state index contributed by atoms with van der Waals surface area (Å²) in [6.07, 6.45) is 2.83. The summed E-state index contributed by atoms with van der Waals surface area (Å²) in [7, 11) is -3.49. The number of fused-ring (bicyclic) bond motifs is 1. The van der Waals surface area contributed by atoms with Gasteiger partial charge in [0, 0.05) is 25.2 Å². The topological polar surface area (TPSA) is 84.9 Å². The minimum Gasteiger partial charge on any atom is -0.454 e. The lowest BCUT2D eigenvalue weighted by Crippen LogP contribution is -2.39. The largest absolute Gasteiger partial charge is 0.454 e. The Labute approximate surface area is 177 Å². The van der Waals surface area contributed by atoms with Crippen LogP contribution in [0.1, 0.15) is 31.7 Å². The average molecular weight is 431 g/mol. The molecular weight excluding hydrogens is 404 g/mol. The van der Waals surface area contributed by atoms with Crippen LogP contribution >= 0.6 is 0 Å². The molecule has 2 heterocycles. The maximum atomic E-state index is 12.8. The van der Waals surface area contributed by atoms with E-state index >= 15 is 0 Å². The Balaban J connectivity index is 1.33. The lowest BCUT2D eigenvalue weighted by molar-refractivity contribution is -0.116. The highest BCUT2D eigenvalue weighted by molar-refractivity contribution is 7.89. The number of anilines is 1. The van der Waals surface area contributed by atoms with Gasteiger partial charge in [-0.05, 0) is 67.1 Å². The molecule has 0 radical (unpaired) electrons. The standard InChI is InChI=1S/C22H26N2O5S/c1-16-3-2-12-24(14-16)30(26,27)19-8-6-18(7-9-19)23-22(25)11-5-17-4-10-20-21(13-17)29-15-28-20/h4,6-10,13,16H,2-3,5,11-12,14-15H2,1H3,(H,23,25). The van der Waals surface area contributed by atoms with Gasteiger partial charge < -0.3 is 14.8 Å². The first kappa shape index (κ1) is 20.7. The van der Waals surface area contributed by atoms with E-state index in [9.17, 15) is 13.2 Å². The second kappa shape index (κ2) is 8.65. The van der Waals surface area contributed by atoms with Gasteiger partial charge in [0.1, 0.15) is 0 Å². The molecule has 0 spiro atoms. The summed E-state index contributed by atoms with van der Waals surface area (Å²) >= 11 is 0. The molecular formula is C22H26N2O5S. The Hall–Kier alpha value is -2.58. The van der Waals surface area contributed by atoms with Crippen LogP contribution in [-0.4, -0.2) is 38.5 Å². The first-order valence-corrected chi connectivity index (χ1v) is 11.6. The van der Waals surface area contributed by atoms with Crippen molar-refractivity contribution in [2.75, 3.05) is 25.2 Å². The van der Waals surface area contributed by atoms with Gasteiger partial charge in [-0.2, -0.15) is 4.31 Å². The highest BCUT2D eigenvalue weighted by Gasteiger charge is 2.28. The fourth-order valence-corrected chi connectivity index (χ4v) is 5.40. The van der Waals surface area contributed by atoms with Crippen molar-refractivity contribution in [1.29, 1.82) is 0 Å². The molecule has 0 saturated carbocycles. The van der Waals surface area contributed by atoms with Gasteiger partial charge in [-0.1, -0.05) is 13.0 Å². The van der Waals surface area contributed by atoms with Gasteiger partial charge in [0.25, 0.3) is 0 Å². The molecule has 0 bridgehead atoms. The number of amides is 1. The summed E-state index contributed by atoms with van der Waals surface area (Å²) in [5.74, 6) is 1.66. The molecule has 2 aromatic rings. The summed E-state index contributed by atoms with van der Waals surface area (Å²) in [5.41, 5.74) is 1.57. The van der Waals surface area contributed by atoms with E-state index in [1.54, 1.807) is 28.6 Å². The number of carbonyl (C=O) groups excluding carboxylic acids is 1. The molecule has 1 N–H and O–H groups in total. The Bertz CT molecular complexity index is 1020. The van der Waals surface area contributed by atoms with Crippen molar-refractivity contribution in [2.45, 2.75) is 37.5 Å². The number of hydrogen-bond acceptors (Lipinski definition) is 5. The van der Waals surface area contributed by atoms with E-state index in [2.05, 4.69) is 12.2 Å². The zero-order valence-corrected chi connectivity index (χ0v) is 17.8. The third-order valence-corrected chi connectivity index (χ3v) is 7.35. The van der Waals surface area contributed by atoms with Gasteiger partial charge in [-0.3, -0.25) is 4.79 Å². The lowest BCUT2D eigenvalue weighted by Gasteiger charge is -2.30. The molecule has 1 fully saturated rings. The molecule has 160 valence electrons. The van der Waals surface area contributed by atoms with Gasteiger partial charge in [0.05, 0.1) is 4.90 Å².